The van der Waals surface area contributed by atoms with Crippen molar-refractivity contribution in [1.29, 1.82) is 0 Å². The van der Waals surface area contributed by atoms with Crippen LogP contribution in [0.25, 0.3) is 0 Å². The monoisotopic (exact) mass is 302 g/mol. The molecule has 1 spiro atoms. The zero-order valence-corrected chi connectivity index (χ0v) is 12.9. The highest BCUT2D eigenvalue weighted by Crippen LogP contribution is 2.33. The van der Waals surface area contributed by atoms with Gasteiger partial charge < -0.3 is 10.1 Å². The van der Waals surface area contributed by atoms with E-state index >= 15 is 0 Å². The first-order valence-corrected chi connectivity index (χ1v) is 7.95. The summed E-state index contributed by atoms with van der Waals surface area (Å²) in [6.07, 6.45) is 4.65. The Morgan fingerprint density at radius 3 is 2.64 bits per heavy atom. The molecule has 1 saturated carbocycles. The fourth-order valence-corrected chi connectivity index (χ4v) is 3.34. The first-order valence-electron chi connectivity index (χ1n) is 7.95. The molecule has 0 atom stereocenters. The number of hydrogen-bond donors (Lipinski definition) is 1. The lowest BCUT2D eigenvalue weighted by Crippen LogP contribution is -2.48. The average molecular weight is 302 g/mol. The van der Waals surface area contributed by atoms with Crippen LogP contribution in [0.2, 0.25) is 0 Å². The molecular weight excluding hydrogens is 280 g/mol. The van der Waals surface area contributed by atoms with Crippen LogP contribution in [0.1, 0.15) is 37.7 Å². The van der Waals surface area contributed by atoms with Gasteiger partial charge >= 0.3 is 6.03 Å². The molecule has 1 heterocycles. The standard InChI is InChI=1S/C17H22N2O3/c1-13-7-3-4-8-14(13)22-12-11-19-15(20)17(18-16(19)21)9-5-2-6-10-17/h3-4,7-8H,2,5-6,9-12H2,1H3,(H,18,21). The van der Waals surface area contributed by atoms with Gasteiger partial charge in [-0.25, -0.2) is 4.79 Å². The van der Waals surface area contributed by atoms with Crippen molar-refractivity contribution in [2.45, 2.75) is 44.6 Å². The summed E-state index contributed by atoms with van der Waals surface area (Å²) >= 11 is 0. The molecule has 0 bridgehead atoms. The normalized spacial score (nSPS) is 20.3. The number of imide groups is 1. The summed E-state index contributed by atoms with van der Waals surface area (Å²) in [7, 11) is 0. The van der Waals surface area contributed by atoms with Gasteiger partial charge in [-0.15, -0.1) is 0 Å². The third kappa shape index (κ3) is 2.67. The maximum absolute atomic E-state index is 12.6. The molecule has 5 nitrogen and oxygen atoms in total. The summed E-state index contributed by atoms with van der Waals surface area (Å²) < 4.78 is 5.70. The van der Waals surface area contributed by atoms with Gasteiger partial charge in [0.05, 0.1) is 6.54 Å². The Morgan fingerprint density at radius 1 is 1.18 bits per heavy atom. The van der Waals surface area contributed by atoms with E-state index in [0.717, 1.165) is 43.4 Å². The largest absolute Gasteiger partial charge is 0.491 e. The fraction of sp³-hybridized carbons (Fsp3) is 0.529. The number of amides is 3. The first-order chi connectivity index (χ1) is 10.6. The van der Waals surface area contributed by atoms with Crippen LogP contribution in [0.15, 0.2) is 24.3 Å². The zero-order valence-electron chi connectivity index (χ0n) is 12.9. The Kier molecular flexibility index (Phi) is 4.05. The molecule has 5 heteroatoms. The highest BCUT2D eigenvalue weighted by Gasteiger charge is 2.50. The molecule has 1 aliphatic heterocycles. The van der Waals surface area contributed by atoms with Crippen molar-refractivity contribution < 1.29 is 14.3 Å². The molecule has 1 saturated heterocycles. The summed E-state index contributed by atoms with van der Waals surface area (Å²) in [5.74, 6) is 0.715. The van der Waals surface area contributed by atoms with Crippen LogP contribution in [-0.4, -0.2) is 35.5 Å². The van der Waals surface area contributed by atoms with Crippen LogP contribution in [0.3, 0.4) is 0 Å². The molecular formula is C17H22N2O3. The number of benzene rings is 1. The van der Waals surface area contributed by atoms with E-state index in [2.05, 4.69) is 5.32 Å². The molecule has 3 rings (SSSR count). The van der Waals surface area contributed by atoms with Gasteiger partial charge in [-0.05, 0) is 31.4 Å². The number of carbonyl (C=O) groups excluding carboxylic acids is 2. The molecule has 118 valence electrons. The number of carbonyl (C=O) groups is 2. The molecule has 0 aromatic heterocycles. The maximum Gasteiger partial charge on any atom is 0.325 e. The number of nitrogens with one attached hydrogen (secondary N) is 1. The quantitative estimate of drug-likeness (QED) is 0.870. The van der Waals surface area contributed by atoms with E-state index in [-0.39, 0.29) is 11.9 Å². The molecule has 22 heavy (non-hydrogen) atoms. The van der Waals surface area contributed by atoms with Crippen molar-refractivity contribution in [3.8, 4) is 5.75 Å². The van der Waals surface area contributed by atoms with Crippen LogP contribution < -0.4 is 10.1 Å². The molecule has 0 radical (unpaired) electrons. The second kappa shape index (κ2) is 5.99. The predicted octanol–water partition coefficient (Wildman–Crippen LogP) is 2.63. The Hall–Kier alpha value is -2.04. The summed E-state index contributed by atoms with van der Waals surface area (Å²) in [5.41, 5.74) is 0.404. The topological polar surface area (TPSA) is 58.6 Å². The van der Waals surface area contributed by atoms with Gasteiger partial charge in [0.15, 0.2) is 0 Å². The number of nitrogens with zero attached hydrogens (tertiary/aromatic N) is 1. The Bertz CT molecular complexity index is 579. The van der Waals surface area contributed by atoms with Crippen LogP contribution in [0, 0.1) is 6.92 Å². The van der Waals surface area contributed by atoms with Gasteiger partial charge in [0, 0.05) is 0 Å². The Morgan fingerprint density at radius 2 is 1.91 bits per heavy atom. The predicted molar refractivity (Wildman–Crippen MR) is 82.7 cm³/mol. The van der Waals surface area contributed by atoms with E-state index < -0.39 is 5.54 Å². The first kappa shape index (κ1) is 14.9. The summed E-state index contributed by atoms with van der Waals surface area (Å²) in [5, 5.41) is 2.91. The number of ether oxygens (including phenoxy) is 1. The van der Waals surface area contributed by atoms with Crippen molar-refractivity contribution in [3.05, 3.63) is 29.8 Å². The average Bonchev–Trinajstić information content (AvgIpc) is 2.74. The van der Waals surface area contributed by atoms with E-state index in [0.29, 0.717) is 13.2 Å². The van der Waals surface area contributed by atoms with Gasteiger partial charge in [0.2, 0.25) is 0 Å². The molecule has 2 fully saturated rings. The number of urea groups is 1. The molecule has 0 unspecified atom stereocenters. The molecule has 1 aromatic rings. The zero-order chi connectivity index (χ0) is 15.6. The van der Waals surface area contributed by atoms with Crippen LogP contribution >= 0.6 is 0 Å². The second-order valence-electron chi connectivity index (χ2n) is 6.14. The minimum Gasteiger partial charge on any atom is -0.491 e. The third-order valence-electron chi connectivity index (χ3n) is 4.62. The Labute approximate surface area is 130 Å². The van der Waals surface area contributed by atoms with Gasteiger partial charge in [0.25, 0.3) is 5.91 Å². The second-order valence-corrected chi connectivity index (χ2v) is 6.14. The van der Waals surface area contributed by atoms with E-state index in [4.69, 9.17) is 4.74 Å². The van der Waals surface area contributed by atoms with Gasteiger partial charge in [-0.2, -0.15) is 0 Å². The van der Waals surface area contributed by atoms with Crippen molar-refractivity contribution in [2.75, 3.05) is 13.2 Å². The van der Waals surface area contributed by atoms with Crippen LogP contribution in [0.4, 0.5) is 4.79 Å². The van der Waals surface area contributed by atoms with E-state index in [9.17, 15) is 9.59 Å². The molecule has 1 aliphatic carbocycles. The fourth-order valence-electron chi connectivity index (χ4n) is 3.34. The number of para-hydroxylation sites is 1. The van der Waals surface area contributed by atoms with E-state index in [1.807, 2.05) is 31.2 Å². The lowest BCUT2D eigenvalue weighted by Gasteiger charge is -2.30. The summed E-state index contributed by atoms with van der Waals surface area (Å²) in [6.45, 7) is 2.58. The SMILES string of the molecule is Cc1ccccc1OCCN1C(=O)NC2(CCCCC2)C1=O. The third-order valence-corrected chi connectivity index (χ3v) is 4.62. The summed E-state index contributed by atoms with van der Waals surface area (Å²) in [6, 6.07) is 7.45. The lowest BCUT2D eigenvalue weighted by atomic mass is 9.82. The van der Waals surface area contributed by atoms with Gasteiger partial charge in [0.1, 0.15) is 17.9 Å². The minimum atomic E-state index is -0.641. The summed E-state index contributed by atoms with van der Waals surface area (Å²) in [4.78, 5) is 26.0. The number of rotatable bonds is 4. The van der Waals surface area contributed by atoms with Crippen LogP contribution in [-0.2, 0) is 4.79 Å². The van der Waals surface area contributed by atoms with Gasteiger partial charge in [-0.1, -0.05) is 37.5 Å². The highest BCUT2D eigenvalue weighted by molar-refractivity contribution is 6.07. The number of hydrogen-bond acceptors (Lipinski definition) is 3. The van der Waals surface area contributed by atoms with Crippen molar-refractivity contribution in [2.24, 2.45) is 0 Å². The molecule has 1 aromatic carbocycles. The van der Waals surface area contributed by atoms with Crippen molar-refractivity contribution in [1.82, 2.24) is 10.2 Å². The van der Waals surface area contributed by atoms with E-state index in [1.54, 1.807) is 0 Å². The van der Waals surface area contributed by atoms with Crippen molar-refractivity contribution in [3.63, 3.8) is 0 Å². The van der Waals surface area contributed by atoms with Crippen molar-refractivity contribution >= 4 is 11.9 Å². The van der Waals surface area contributed by atoms with Gasteiger partial charge in [-0.3, -0.25) is 9.69 Å². The smallest absolute Gasteiger partial charge is 0.325 e. The molecule has 1 N–H and O–H groups in total. The number of aryl methyl sites for hydroxylation is 1. The maximum atomic E-state index is 12.6. The van der Waals surface area contributed by atoms with E-state index in [1.165, 1.54) is 4.90 Å². The Balaban J connectivity index is 1.60. The molecule has 2 aliphatic rings. The lowest BCUT2D eigenvalue weighted by molar-refractivity contribution is -0.132. The highest BCUT2D eigenvalue weighted by atomic mass is 16.5. The molecule has 3 amide bonds. The minimum absolute atomic E-state index is 0.0782. The van der Waals surface area contributed by atoms with Crippen LogP contribution in [0.5, 0.6) is 5.75 Å².